The summed E-state index contributed by atoms with van der Waals surface area (Å²) in [7, 11) is 0. The molecule has 1 fully saturated rings. The van der Waals surface area contributed by atoms with Gasteiger partial charge >= 0.3 is 6.03 Å². The van der Waals surface area contributed by atoms with Gasteiger partial charge in [-0.15, -0.1) is 11.3 Å². The Morgan fingerprint density at radius 3 is 2.89 bits per heavy atom. The Labute approximate surface area is 115 Å². The third-order valence-corrected chi connectivity index (χ3v) is 4.55. The van der Waals surface area contributed by atoms with Crippen LogP contribution < -0.4 is 5.73 Å². The van der Waals surface area contributed by atoms with E-state index in [1.165, 1.54) is 0 Å². The molecule has 19 heavy (non-hydrogen) atoms. The Kier molecular flexibility index (Phi) is 3.21. The average Bonchev–Trinajstić information content (AvgIpc) is 3.08. The van der Waals surface area contributed by atoms with Crippen LogP contribution in [0.15, 0.2) is 36.5 Å². The molecule has 2 amide bonds. The summed E-state index contributed by atoms with van der Waals surface area (Å²) in [4.78, 5) is 18.7. The Morgan fingerprint density at radius 1 is 1.37 bits per heavy atom. The Morgan fingerprint density at radius 2 is 2.16 bits per heavy atom. The van der Waals surface area contributed by atoms with Gasteiger partial charge in [0.05, 0.1) is 10.9 Å². The van der Waals surface area contributed by atoms with E-state index in [-0.39, 0.29) is 12.1 Å². The molecular weight excluding hydrogens is 258 g/mol. The molecule has 0 saturated carbocycles. The predicted octanol–water partition coefficient (Wildman–Crippen LogP) is 3.03. The van der Waals surface area contributed by atoms with Crippen molar-refractivity contribution in [2.24, 2.45) is 5.73 Å². The zero-order chi connectivity index (χ0) is 13.2. The monoisotopic (exact) mass is 273 g/mol. The number of rotatable bonds is 2. The van der Waals surface area contributed by atoms with Crippen molar-refractivity contribution in [3.8, 4) is 10.4 Å². The molecule has 1 atom stereocenters. The molecule has 1 aliphatic heterocycles. The number of aromatic nitrogens is 1. The Hall–Kier alpha value is -1.88. The molecule has 98 valence electrons. The maximum absolute atomic E-state index is 11.4. The lowest BCUT2D eigenvalue weighted by molar-refractivity contribution is 0.203. The molecule has 1 unspecified atom stereocenters. The van der Waals surface area contributed by atoms with E-state index in [9.17, 15) is 4.79 Å². The van der Waals surface area contributed by atoms with Crippen LogP contribution in [-0.4, -0.2) is 22.5 Å². The minimum atomic E-state index is -0.348. The number of carbonyl (C=O) groups excluding carboxylic acids is 1. The van der Waals surface area contributed by atoms with Gasteiger partial charge in [-0.3, -0.25) is 0 Å². The van der Waals surface area contributed by atoms with Gasteiger partial charge in [-0.2, -0.15) is 0 Å². The summed E-state index contributed by atoms with van der Waals surface area (Å²) in [5.41, 5.74) is 6.57. The second-order valence-electron chi connectivity index (χ2n) is 4.62. The van der Waals surface area contributed by atoms with Crippen LogP contribution in [0.2, 0.25) is 0 Å². The van der Waals surface area contributed by atoms with Gasteiger partial charge in [0.15, 0.2) is 0 Å². The highest BCUT2D eigenvalue weighted by molar-refractivity contribution is 7.15. The molecule has 2 N–H and O–H groups in total. The largest absolute Gasteiger partial charge is 0.351 e. The van der Waals surface area contributed by atoms with Gasteiger partial charge in [-0.25, -0.2) is 9.78 Å². The van der Waals surface area contributed by atoms with Crippen LogP contribution in [0, 0.1) is 0 Å². The van der Waals surface area contributed by atoms with E-state index < -0.39 is 0 Å². The van der Waals surface area contributed by atoms with Crippen molar-refractivity contribution in [1.29, 1.82) is 0 Å². The third kappa shape index (κ3) is 2.33. The molecule has 1 saturated heterocycles. The number of hydrogen-bond donors (Lipinski definition) is 1. The number of likely N-dealkylation sites (tertiary alicyclic amines) is 1. The van der Waals surface area contributed by atoms with Crippen molar-refractivity contribution in [2.75, 3.05) is 6.54 Å². The molecule has 1 aromatic carbocycles. The average molecular weight is 273 g/mol. The van der Waals surface area contributed by atoms with E-state index in [2.05, 4.69) is 17.1 Å². The van der Waals surface area contributed by atoms with E-state index >= 15 is 0 Å². The van der Waals surface area contributed by atoms with Gasteiger partial charge < -0.3 is 10.6 Å². The Balaban J connectivity index is 1.87. The highest BCUT2D eigenvalue weighted by Gasteiger charge is 2.30. The minimum absolute atomic E-state index is 0.0555. The van der Waals surface area contributed by atoms with E-state index in [0.717, 1.165) is 34.8 Å². The lowest BCUT2D eigenvalue weighted by Crippen LogP contribution is -2.34. The van der Waals surface area contributed by atoms with Crippen LogP contribution in [0.4, 0.5) is 4.79 Å². The van der Waals surface area contributed by atoms with Gasteiger partial charge in [0, 0.05) is 12.7 Å². The van der Waals surface area contributed by atoms with Gasteiger partial charge in [0.25, 0.3) is 0 Å². The highest BCUT2D eigenvalue weighted by Crippen LogP contribution is 2.36. The lowest BCUT2D eigenvalue weighted by Gasteiger charge is -2.20. The number of nitrogens with zero attached hydrogens (tertiary/aromatic N) is 2. The van der Waals surface area contributed by atoms with Crippen molar-refractivity contribution in [3.63, 3.8) is 0 Å². The van der Waals surface area contributed by atoms with Gasteiger partial charge in [0.2, 0.25) is 0 Å². The fourth-order valence-electron chi connectivity index (χ4n) is 2.46. The first kappa shape index (κ1) is 12.2. The van der Waals surface area contributed by atoms with Gasteiger partial charge in [-0.05, 0) is 18.4 Å². The molecule has 0 bridgehead atoms. The molecule has 0 aliphatic carbocycles. The van der Waals surface area contributed by atoms with Crippen molar-refractivity contribution in [2.45, 2.75) is 18.9 Å². The summed E-state index contributed by atoms with van der Waals surface area (Å²) in [5.74, 6) is 0. The molecule has 0 radical (unpaired) electrons. The maximum atomic E-state index is 11.4. The normalized spacial score (nSPS) is 18.7. The third-order valence-electron chi connectivity index (χ3n) is 3.40. The molecule has 3 rings (SSSR count). The fourth-order valence-corrected chi connectivity index (χ4v) is 3.54. The van der Waals surface area contributed by atoms with Crippen molar-refractivity contribution < 1.29 is 4.79 Å². The molecule has 4 nitrogen and oxygen atoms in total. The van der Waals surface area contributed by atoms with E-state index in [0.29, 0.717) is 0 Å². The van der Waals surface area contributed by atoms with Crippen LogP contribution in [0.5, 0.6) is 0 Å². The van der Waals surface area contributed by atoms with Crippen molar-refractivity contribution in [1.82, 2.24) is 9.88 Å². The number of benzene rings is 1. The smallest absolute Gasteiger partial charge is 0.315 e. The topological polar surface area (TPSA) is 59.2 Å². The fraction of sp³-hybridized carbons (Fsp3) is 0.286. The molecular formula is C14H15N3OS. The molecule has 2 aromatic rings. The number of urea groups is 1. The van der Waals surface area contributed by atoms with Crippen LogP contribution >= 0.6 is 11.3 Å². The highest BCUT2D eigenvalue weighted by atomic mass is 32.1. The maximum Gasteiger partial charge on any atom is 0.315 e. The van der Waals surface area contributed by atoms with E-state index in [4.69, 9.17) is 5.73 Å². The quantitative estimate of drug-likeness (QED) is 0.914. The van der Waals surface area contributed by atoms with Crippen molar-refractivity contribution >= 4 is 17.4 Å². The predicted molar refractivity (Wildman–Crippen MR) is 75.8 cm³/mol. The van der Waals surface area contributed by atoms with E-state index in [1.807, 2.05) is 24.4 Å². The van der Waals surface area contributed by atoms with Crippen molar-refractivity contribution in [3.05, 3.63) is 41.5 Å². The number of primary amides is 1. The van der Waals surface area contributed by atoms with Crippen LogP contribution in [0.3, 0.4) is 0 Å². The number of hydrogen-bond acceptors (Lipinski definition) is 3. The summed E-state index contributed by atoms with van der Waals surface area (Å²) < 4.78 is 0. The zero-order valence-electron chi connectivity index (χ0n) is 10.5. The SMILES string of the molecule is NC(=O)N1CCCC1c1ncc(-c2ccccc2)s1. The Bertz CT molecular complexity index is 581. The molecule has 2 heterocycles. The summed E-state index contributed by atoms with van der Waals surface area (Å²) in [5, 5.41) is 0.982. The first-order chi connectivity index (χ1) is 9.25. The molecule has 1 aromatic heterocycles. The zero-order valence-corrected chi connectivity index (χ0v) is 11.3. The van der Waals surface area contributed by atoms with Crippen LogP contribution in [0.25, 0.3) is 10.4 Å². The van der Waals surface area contributed by atoms with Gasteiger partial charge in [-0.1, -0.05) is 30.3 Å². The number of nitrogens with two attached hydrogens (primary N) is 1. The minimum Gasteiger partial charge on any atom is -0.351 e. The molecule has 1 aliphatic rings. The van der Waals surface area contributed by atoms with Crippen LogP contribution in [-0.2, 0) is 0 Å². The molecule has 5 heteroatoms. The number of carbonyl (C=O) groups is 1. The number of amides is 2. The second kappa shape index (κ2) is 5.01. The molecule has 0 spiro atoms. The standard InChI is InChI=1S/C14H15N3OS/c15-14(18)17-8-4-7-11(17)13-16-9-12(19-13)10-5-2-1-3-6-10/h1-3,5-6,9,11H,4,7-8H2,(H2,15,18). The first-order valence-electron chi connectivity index (χ1n) is 6.33. The first-order valence-corrected chi connectivity index (χ1v) is 7.14. The number of thiazole rings is 1. The summed E-state index contributed by atoms with van der Waals surface area (Å²) >= 11 is 1.64. The van der Waals surface area contributed by atoms with Crippen LogP contribution in [0.1, 0.15) is 23.9 Å². The summed E-state index contributed by atoms with van der Waals surface area (Å²) in [6.45, 7) is 0.736. The van der Waals surface area contributed by atoms with Gasteiger partial charge in [0.1, 0.15) is 5.01 Å². The second-order valence-corrected chi connectivity index (χ2v) is 5.68. The van der Waals surface area contributed by atoms with E-state index in [1.54, 1.807) is 16.2 Å². The summed E-state index contributed by atoms with van der Waals surface area (Å²) in [6, 6.07) is 9.87. The summed E-state index contributed by atoms with van der Waals surface area (Å²) in [6.07, 6.45) is 3.82. The lowest BCUT2D eigenvalue weighted by atomic mass is 10.2.